The zero-order valence-electron chi connectivity index (χ0n) is 14.8. The SMILES string of the molecule is CC(C)(C)c1nccc(N2CCC(COc3ccncc3)CC2)n1. The third-order valence-electron chi connectivity index (χ3n) is 4.39. The summed E-state index contributed by atoms with van der Waals surface area (Å²) in [5.41, 5.74) is -0.0211. The van der Waals surface area contributed by atoms with Gasteiger partial charge in [-0.15, -0.1) is 0 Å². The molecular weight excluding hydrogens is 300 g/mol. The molecule has 0 aliphatic carbocycles. The summed E-state index contributed by atoms with van der Waals surface area (Å²) in [6.45, 7) is 9.25. The van der Waals surface area contributed by atoms with Gasteiger partial charge in [0.05, 0.1) is 6.61 Å². The molecule has 0 N–H and O–H groups in total. The summed E-state index contributed by atoms with van der Waals surface area (Å²) in [6, 6.07) is 5.83. The quantitative estimate of drug-likeness (QED) is 0.861. The normalized spacial score (nSPS) is 16.2. The largest absolute Gasteiger partial charge is 0.493 e. The van der Waals surface area contributed by atoms with Gasteiger partial charge in [-0.3, -0.25) is 4.98 Å². The van der Waals surface area contributed by atoms with Crippen LogP contribution in [0.3, 0.4) is 0 Å². The van der Waals surface area contributed by atoms with Crippen LogP contribution in [-0.2, 0) is 5.41 Å². The van der Waals surface area contributed by atoms with Crippen molar-refractivity contribution in [3.8, 4) is 5.75 Å². The van der Waals surface area contributed by atoms with Crippen LogP contribution in [0.15, 0.2) is 36.8 Å². The molecule has 5 nitrogen and oxygen atoms in total. The standard InChI is InChI=1S/C19H26N4O/c1-19(2,3)18-21-11-6-17(22-18)23-12-7-15(8-13-23)14-24-16-4-9-20-10-5-16/h4-6,9-11,15H,7-8,12-14H2,1-3H3. The van der Waals surface area contributed by atoms with Crippen molar-refractivity contribution < 1.29 is 4.74 Å². The lowest BCUT2D eigenvalue weighted by atomic mass is 9.95. The summed E-state index contributed by atoms with van der Waals surface area (Å²) in [6.07, 6.45) is 7.65. The van der Waals surface area contributed by atoms with E-state index in [0.29, 0.717) is 5.92 Å². The monoisotopic (exact) mass is 326 g/mol. The number of hydrogen-bond acceptors (Lipinski definition) is 5. The lowest BCUT2D eigenvalue weighted by Crippen LogP contribution is -2.36. The summed E-state index contributed by atoms with van der Waals surface area (Å²) in [5.74, 6) is 3.45. The Hall–Kier alpha value is -2.17. The lowest BCUT2D eigenvalue weighted by Gasteiger charge is -2.33. The van der Waals surface area contributed by atoms with E-state index in [1.165, 1.54) is 0 Å². The minimum absolute atomic E-state index is 0.0211. The second-order valence-electron chi connectivity index (χ2n) is 7.41. The zero-order valence-corrected chi connectivity index (χ0v) is 14.8. The third-order valence-corrected chi connectivity index (χ3v) is 4.39. The molecule has 1 saturated heterocycles. The van der Waals surface area contributed by atoms with Gasteiger partial charge in [-0.2, -0.15) is 0 Å². The Morgan fingerprint density at radius 1 is 1.08 bits per heavy atom. The van der Waals surface area contributed by atoms with E-state index in [2.05, 4.69) is 35.6 Å². The van der Waals surface area contributed by atoms with Gasteiger partial charge < -0.3 is 9.64 Å². The van der Waals surface area contributed by atoms with E-state index in [-0.39, 0.29) is 5.41 Å². The first kappa shape index (κ1) is 16.7. The van der Waals surface area contributed by atoms with E-state index < -0.39 is 0 Å². The van der Waals surface area contributed by atoms with Crippen molar-refractivity contribution in [1.82, 2.24) is 15.0 Å². The molecule has 2 aromatic rings. The Kier molecular flexibility index (Phi) is 4.97. The Bertz CT molecular complexity index is 646. The van der Waals surface area contributed by atoms with Crippen LogP contribution in [0.2, 0.25) is 0 Å². The maximum Gasteiger partial charge on any atom is 0.135 e. The molecule has 5 heteroatoms. The van der Waals surface area contributed by atoms with Gasteiger partial charge >= 0.3 is 0 Å². The smallest absolute Gasteiger partial charge is 0.135 e. The van der Waals surface area contributed by atoms with E-state index in [4.69, 9.17) is 9.72 Å². The lowest BCUT2D eigenvalue weighted by molar-refractivity contribution is 0.222. The van der Waals surface area contributed by atoms with Crippen molar-refractivity contribution in [2.45, 2.75) is 39.0 Å². The molecular formula is C19H26N4O. The number of nitrogens with zero attached hydrogens (tertiary/aromatic N) is 4. The molecule has 0 spiro atoms. The minimum atomic E-state index is -0.0211. The summed E-state index contributed by atoms with van der Waals surface area (Å²) >= 11 is 0. The van der Waals surface area contributed by atoms with Gasteiger partial charge in [0.15, 0.2) is 0 Å². The predicted octanol–water partition coefficient (Wildman–Crippen LogP) is 3.46. The number of anilines is 1. The van der Waals surface area contributed by atoms with E-state index in [9.17, 15) is 0 Å². The van der Waals surface area contributed by atoms with Crippen LogP contribution in [0.1, 0.15) is 39.4 Å². The average molecular weight is 326 g/mol. The Morgan fingerprint density at radius 3 is 2.46 bits per heavy atom. The highest BCUT2D eigenvalue weighted by Crippen LogP contribution is 2.25. The Morgan fingerprint density at radius 2 is 1.79 bits per heavy atom. The summed E-state index contributed by atoms with van der Waals surface area (Å²) in [7, 11) is 0. The van der Waals surface area contributed by atoms with Crippen LogP contribution in [0.5, 0.6) is 5.75 Å². The molecule has 0 bridgehead atoms. The van der Waals surface area contributed by atoms with E-state index in [0.717, 1.165) is 49.9 Å². The van der Waals surface area contributed by atoms with Crippen molar-refractivity contribution in [3.05, 3.63) is 42.6 Å². The van der Waals surface area contributed by atoms with Crippen molar-refractivity contribution in [1.29, 1.82) is 0 Å². The molecule has 3 heterocycles. The van der Waals surface area contributed by atoms with Gasteiger partial charge in [-0.25, -0.2) is 9.97 Å². The molecule has 0 atom stereocenters. The van der Waals surface area contributed by atoms with E-state index >= 15 is 0 Å². The molecule has 0 aromatic carbocycles. The highest BCUT2D eigenvalue weighted by Gasteiger charge is 2.23. The van der Waals surface area contributed by atoms with Crippen LogP contribution in [0.25, 0.3) is 0 Å². The zero-order chi connectivity index (χ0) is 17.0. The number of piperidine rings is 1. The molecule has 3 rings (SSSR count). The van der Waals surface area contributed by atoms with Gasteiger partial charge in [0.1, 0.15) is 17.4 Å². The van der Waals surface area contributed by atoms with Crippen molar-refractivity contribution in [2.75, 3.05) is 24.6 Å². The fourth-order valence-corrected chi connectivity index (χ4v) is 2.86. The molecule has 0 saturated carbocycles. The third kappa shape index (κ3) is 4.22. The molecule has 1 fully saturated rings. The maximum absolute atomic E-state index is 5.87. The fourth-order valence-electron chi connectivity index (χ4n) is 2.86. The topological polar surface area (TPSA) is 51.1 Å². The highest BCUT2D eigenvalue weighted by molar-refractivity contribution is 5.38. The highest BCUT2D eigenvalue weighted by atomic mass is 16.5. The summed E-state index contributed by atoms with van der Waals surface area (Å²) < 4.78 is 5.87. The van der Waals surface area contributed by atoms with Gasteiger partial charge in [-0.1, -0.05) is 20.8 Å². The Balaban J connectivity index is 1.53. The van der Waals surface area contributed by atoms with Gasteiger partial charge in [0, 0.05) is 37.1 Å². The molecule has 0 amide bonds. The molecule has 128 valence electrons. The molecule has 1 aliphatic rings. The average Bonchev–Trinajstić information content (AvgIpc) is 2.61. The second-order valence-corrected chi connectivity index (χ2v) is 7.41. The number of hydrogen-bond donors (Lipinski definition) is 0. The first-order chi connectivity index (χ1) is 11.5. The van der Waals surface area contributed by atoms with Crippen LogP contribution in [-0.4, -0.2) is 34.6 Å². The molecule has 1 aliphatic heterocycles. The predicted molar refractivity (Wildman–Crippen MR) is 95.4 cm³/mol. The molecule has 24 heavy (non-hydrogen) atoms. The summed E-state index contributed by atoms with van der Waals surface area (Å²) in [4.78, 5) is 15.6. The number of rotatable bonds is 4. The second kappa shape index (κ2) is 7.16. The Labute approximate surface area is 144 Å². The van der Waals surface area contributed by atoms with Crippen molar-refractivity contribution >= 4 is 5.82 Å². The fraction of sp³-hybridized carbons (Fsp3) is 0.526. The maximum atomic E-state index is 5.87. The number of aromatic nitrogens is 3. The number of pyridine rings is 1. The minimum Gasteiger partial charge on any atom is -0.493 e. The van der Waals surface area contributed by atoms with Crippen molar-refractivity contribution in [2.24, 2.45) is 5.92 Å². The van der Waals surface area contributed by atoms with Crippen LogP contribution >= 0.6 is 0 Å². The van der Waals surface area contributed by atoms with Crippen LogP contribution < -0.4 is 9.64 Å². The summed E-state index contributed by atoms with van der Waals surface area (Å²) in [5, 5.41) is 0. The van der Waals surface area contributed by atoms with Gasteiger partial charge in [0.25, 0.3) is 0 Å². The first-order valence-electron chi connectivity index (χ1n) is 8.64. The van der Waals surface area contributed by atoms with Crippen molar-refractivity contribution in [3.63, 3.8) is 0 Å². The number of ether oxygens (including phenoxy) is 1. The molecule has 0 radical (unpaired) electrons. The van der Waals surface area contributed by atoms with Crippen LogP contribution in [0, 0.1) is 5.92 Å². The first-order valence-corrected chi connectivity index (χ1v) is 8.64. The van der Waals surface area contributed by atoms with Gasteiger partial charge in [-0.05, 0) is 37.0 Å². The van der Waals surface area contributed by atoms with Crippen LogP contribution in [0.4, 0.5) is 5.82 Å². The van der Waals surface area contributed by atoms with Gasteiger partial charge in [0.2, 0.25) is 0 Å². The van der Waals surface area contributed by atoms with E-state index in [1.807, 2.05) is 24.4 Å². The van der Waals surface area contributed by atoms with E-state index in [1.54, 1.807) is 12.4 Å². The molecule has 2 aromatic heterocycles. The molecule has 0 unspecified atom stereocenters.